The minimum atomic E-state index is -0.901. The van der Waals surface area contributed by atoms with Crippen molar-refractivity contribution in [1.29, 1.82) is 0 Å². The average molecular weight is 329 g/mol. The minimum absolute atomic E-state index is 0.0630. The van der Waals surface area contributed by atoms with Crippen molar-refractivity contribution in [2.24, 2.45) is 5.41 Å². The van der Waals surface area contributed by atoms with Gasteiger partial charge in [-0.2, -0.15) is 0 Å². The molecule has 0 saturated heterocycles. The smallest absolute Gasteiger partial charge is 0.312 e. The Morgan fingerprint density at radius 3 is 2.32 bits per heavy atom. The Morgan fingerprint density at radius 2 is 1.84 bits per heavy atom. The summed E-state index contributed by atoms with van der Waals surface area (Å²) < 4.78 is 6.73. The first-order valence-corrected chi connectivity index (χ1v) is 6.99. The van der Waals surface area contributed by atoms with Crippen molar-refractivity contribution in [3.63, 3.8) is 0 Å². The zero-order chi connectivity index (χ0) is 14.8. The van der Waals surface area contributed by atoms with E-state index in [1.165, 1.54) is 0 Å². The van der Waals surface area contributed by atoms with Crippen LogP contribution in [0.15, 0.2) is 22.7 Å². The number of benzene rings is 1. The van der Waals surface area contributed by atoms with E-state index in [0.29, 0.717) is 0 Å². The summed E-state index contributed by atoms with van der Waals surface area (Å²) in [6.07, 6.45) is 0. The lowest BCUT2D eigenvalue weighted by Crippen LogP contribution is -2.31. The molecule has 0 heterocycles. The largest absolute Gasteiger partial charge is 0.492 e. The van der Waals surface area contributed by atoms with Gasteiger partial charge in [0, 0.05) is 10.0 Å². The van der Waals surface area contributed by atoms with Gasteiger partial charge in [0.05, 0.1) is 5.41 Å². The van der Waals surface area contributed by atoms with Gasteiger partial charge >= 0.3 is 5.97 Å². The lowest BCUT2D eigenvalue weighted by Gasteiger charge is -2.26. The topological polar surface area (TPSA) is 46.5 Å². The third kappa shape index (κ3) is 4.23. The highest BCUT2D eigenvalue weighted by Gasteiger charge is 2.29. The first-order valence-electron chi connectivity index (χ1n) is 6.20. The maximum Gasteiger partial charge on any atom is 0.312 e. The summed E-state index contributed by atoms with van der Waals surface area (Å²) in [5, 5.41) is 9.11. The fourth-order valence-corrected chi connectivity index (χ4v) is 1.90. The van der Waals surface area contributed by atoms with Crippen molar-refractivity contribution in [1.82, 2.24) is 0 Å². The summed E-state index contributed by atoms with van der Waals surface area (Å²) in [7, 11) is 0. The zero-order valence-corrected chi connectivity index (χ0v) is 13.7. The third-order valence-electron chi connectivity index (χ3n) is 2.92. The zero-order valence-electron chi connectivity index (χ0n) is 12.1. The SMILES string of the molecule is CC(C)(COc1ccc(Br)cc1C(C)(C)C)C(=O)O. The summed E-state index contributed by atoms with van der Waals surface area (Å²) >= 11 is 3.45. The fraction of sp³-hybridized carbons (Fsp3) is 0.533. The molecule has 0 unspecified atom stereocenters. The summed E-state index contributed by atoms with van der Waals surface area (Å²) in [5.74, 6) is -0.119. The summed E-state index contributed by atoms with van der Waals surface area (Å²) in [5.41, 5.74) is 0.0948. The first-order chi connectivity index (χ1) is 8.54. The van der Waals surface area contributed by atoms with Gasteiger partial charge in [-0.05, 0) is 37.5 Å². The third-order valence-corrected chi connectivity index (χ3v) is 3.41. The maximum atomic E-state index is 11.1. The number of carboxylic acids is 1. The number of carbonyl (C=O) groups is 1. The van der Waals surface area contributed by atoms with Crippen molar-refractivity contribution < 1.29 is 14.6 Å². The van der Waals surface area contributed by atoms with Crippen LogP contribution in [0.25, 0.3) is 0 Å². The van der Waals surface area contributed by atoms with Gasteiger partial charge in [0.1, 0.15) is 12.4 Å². The molecule has 0 aromatic heterocycles. The molecular weight excluding hydrogens is 308 g/mol. The van der Waals surface area contributed by atoms with E-state index in [0.717, 1.165) is 15.8 Å². The number of aliphatic carboxylic acids is 1. The van der Waals surface area contributed by atoms with Crippen LogP contribution in [0.4, 0.5) is 0 Å². The lowest BCUT2D eigenvalue weighted by molar-refractivity contribution is -0.148. The highest BCUT2D eigenvalue weighted by Crippen LogP contribution is 2.34. The molecule has 106 valence electrons. The van der Waals surface area contributed by atoms with E-state index in [1.54, 1.807) is 13.8 Å². The average Bonchev–Trinajstić information content (AvgIpc) is 2.26. The summed E-state index contributed by atoms with van der Waals surface area (Å²) in [6, 6.07) is 5.80. The lowest BCUT2D eigenvalue weighted by atomic mass is 9.86. The van der Waals surface area contributed by atoms with Gasteiger partial charge in [-0.1, -0.05) is 36.7 Å². The van der Waals surface area contributed by atoms with Crippen LogP contribution in [0.3, 0.4) is 0 Å². The Hall–Kier alpha value is -1.03. The van der Waals surface area contributed by atoms with Gasteiger partial charge in [-0.3, -0.25) is 4.79 Å². The van der Waals surface area contributed by atoms with Crippen LogP contribution in [0.1, 0.15) is 40.2 Å². The van der Waals surface area contributed by atoms with Crippen molar-refractivity contribution >= 4 is 21.9 Å². The van der Waals surface area contributed by atoms with Crippen LogP contribution in [-0.2, 0) is 10.2 Å². The molecule has 0 aliphatic heterocycles. The highest BCUT2D eigenvalue weighted by molar-refractivity contribution is 9.10. The van der Waals surface area contributed by atoms with Crippen molar-refractivity contribution in [3.05, 3.63) is 28.2 Å². The fourth-order valence-electron chi connectivity index (χ4n) is 1.53. The maximum absolute atomic E-state index is 11.1. The van der Waals surface area contributed by atoms with Crippen LogP contribution < -0.4 is 4.74 Å². The molecule has 0 spiro atoms. The van der Waals surface area contributed by atoms with Crippen LogP contribution in [-0.4, -0.2) is 17.7 Å². The van der Waals surface area contributed by atoms with Gasteiger partial charge in [-0.15, -0.1) is 0 Å². The van der Waals surface area contributed by atoms with Gasteiger partial charge < -0.3 is 9.84 Å². The van der Waals surface area contributed by atoms with E-state index in [1.807, 2.05) is 18.2 Å². The van der Waals surface area contributed by atoms with Gasteiger partial charge in [-0.25, -0.2) is 0 Å². The van der Waals surface area contributed by atoms with Gasteiger partial charge in [0.2, 0.25) is 0 Å². The minimum Gasteiger partial charge on any atom is -0.492 e. The van der Waals surface area contributed by atoms with E-state index in [4.69, 9.17) is 9.84 Å². The molecule has 0 saturated carbocycles. The molecule has 0 radical (unpaired) electrons. The standard InChI is InChI=1S/C15H21BrO3/c1-14(2,3)11-8-10(16)6-7-12(11)19-9-15(4,5)13(17)18/h6-8H,9H2,1-5H3,(H,17,18). The normalized spacial score (nSPS) is 12.3. The second-order valence-corrected chi connectivity index (χ2v) is 7.28. The number of halogens is 1. The van der Waals surface area contributed by atoms with Crippen LogP contribution in [0.2, 0.25) is 0 Å². The predicted molar refractivity (Wildman–Crippen MR) is 79.8 cm³/mol. The molecular formula is C15H21BrO3. The molecule has 1 N–H and O–H groups in total. The number of hydrogen-bond acceptors (Lipinski definition) is 2. The molecule has 0 bridgehead atoms. The van der Waals surface area contributed by atoms with E-state index >= 15 is 0 Å². The second kappa shape index (κ2) is 5.53. The number of rotatable bonds is 4. The Morgan fingerprint density at radius 1 is 1.26 bits per heavy atom. The molecule has 0 atom stereocenters. The second-order valence-electron chi connectivity index (χ2n) is 6.37. The molecule has 1 rings (SSSR count). The number of ether oxygens (including phenoxy) is 1. The van der Waals surface area contributed by atoms with Gasteiger partial charge in [0.25, 0.3) is 0 Å². The molecule has 0 aliphatic carbocycles. The van der Waals surface area contributed by atoms with E-state index in [9.17, 15) is 4.79 Å². The predicted octanol–water partition coefficient (Wildman–Crippen LogP) is 4.24. The quantitative estimate of drug-likeness (QED) is 0.899. The van der Waals surface area contributed by atoms with E-state index in [-0.39, 0.29) is 12.0 Å². The van der Waals surface area contributed by atoms with Crippen LogP contribution in [0.5, 0.6) is 5.75 Å². The molecule has 19 heavy (non-hydrogen) atoms. The molecule has 0 fully saturated rings. The number of carboxylic acid groups (broad SMARTS) is 1. The van der Waals surface area contributed by atoms with E-state index < -0.39 is 11.4 Å². The van der Waals surface area contributed by atoms with Crippen molar-refractivity contribution in [2.75, 3.05) is 6.61 Å². The molecule has 1 aromatic rings. The monoisotopic (exact) mass is 328 g/mol. The highest BCUT2D eigenvalue weighted by atomic mass is 79.9. The molecule has 0 amide bonds. The molecule has 1 aromatic carbocycles. The van der Waals surface area contributed by atoms with Crippen molar-refractivity contribution in [2.45, 2.75) is 40.0 Å². The van der Waals surface area contributed by atoms with E-state index in [2.05, 4.69) is 36.7 Å². The first kappa shape index (κ1) is 16.0. The summed E-state index contributed by atoms with van der Waals surface area (Å²) in [6.45, 7) is 9.76. The molecule has 0 aliphatic rings. The van der Waals surface area contributed by atoms with Crippen LogP contribution >= 0.6 is 15.9 Å². The van der Waals surface area contributed by atoms with Crippen molar-refractivity contribution in [3.8, 4) is 5.75 Å². The summed E-state index contributed by atoms with van der Waals surface area (Å²) in [4.78, 5) is 11.1. The Balaban J connectivity index is 3.00. The van der Waals surface area contributed by atoms with Gasteiger partial charge in [0.15, 0.2) is 0 Å². The molecule has 3 nitrogen and oxygen atoms in total. The molecule has 4 heteroatoms. The number of hydrogen-bond donors (Lipinski definition) is 1. The Kier molecular flexibility index (Phi) is 4.67. The Labute approximate surface area is 123 Å². The van der Waals surface area contributed by atoms with Crippen LogP contribution in [0, 0.1) is 5.41 Å². The Bertz CT molecular complexity index is 473.